The number of ether oxygens (including phenoxy) is 5. The largest absolute Gasteiger partial charge is 0.493 e. The first kappa shape index (κ1) is 36.8. The first-order valence-electron chi connectivity index (χ1n) is 15.7. The van der Waals surface area contributed by atoms with Gasteiger partial charge in [-0.2, -0.15) is 0 Å². The monoisotopic (exact) mass is 779 g/mol. The van der Waals surface area contributed by atoms with Gasteiger partial charge >= 0.3 is 0 Å². The molecule has 52 heavy (non-hydrogen) atoms. The van der Waals surface area contributed by atoms with Crippen LogP contribution in [0.5, 0.6) is 28.7 Å². The van der Waals surface area contributed by atoms with Crippen molar-refractivity contribution in [3.05, 3.63) is 136 Å². The molecule has 0 saturated carbocycles. The number of nitrogens with zero attached hydrogens (tertiary/aromatic N) is 2. The quantitative estimate of drug-likeness (QED) is 0.148. The van der Waals surface area contributed by atoms with Crippen LogP contribution in [0.15, 0.2) is 93.9 Å². The van der Waals surface area contributed by atoms with Crippen molar-refractivity contribution in [2.24, 2.45) is 4.99 Å². The number of carbonyl (C=O) groups is 1. The summed E-state index contributed by atoms with van der Waals surface area (Å²) < 4.78 is 30.3. The van der Waals surface area contributed by atoms with Gasteiger partial charge in [-0.15, -0.1) is 0 Å². The van der Waals surface area contributed by atoms with Gasteiger partial charge in [0.05, 0.1) is 55.3 Å². The van der Waals surface area contributed by atoms with E-state index in [9.17, 15) is 9.59 Å². The van der Waals surface area contributed by atoms with E-state index in [4.69, 9.17) is 63.5 Å². The van der Waals surface area contributed by atoms with Crippen LogP contribution >= 0.6 is 46.1 Å². The average Bonchev–Trinajstić information content (AvgIpc) is 3.43. The zero-order valence-electron chi connectivity index (χ0n) is 28.6. The minimum Gasteiger partial charge on any atom is -0.493 e. The van der Waals surface area contributed by atoms with Crippen LogP contribution in [-0.4, -0.2) is 38.9 Å². The Morgan fingerprint density at radius 1 is 0.865 bits per heavy atom. The maximum atomic E-state index is 14.4. The number of hydrogen-bond donors (Lipinski definition) is 1. The number of amides is 1. The Kier molecular flexibility index (Phi) is 11.2. The molecular weight excluding hydrogens is 749 g/mol. The van der Waals surface area contributed by atoms with Crippen molar-refractivity contribution in [3.8, 4) is 28.7 Å². The highest BCUT2D eigenvalue weighted by atomic mass is 35.5. The van der Waals surface area contributed by atoms with Gasteiger partial charge in [-0.05, 0) is 72.7 Å². The molecule has 0 aliphatic carbocycles. The van der Waals surface area contributed by atoms with Gasteiger partial charge in [0.25, 0.3) is 11.5 Å². The van der Waals surface area contributed by atoms with Crippen molar-refractivity contribution in [3.63, 3.8) is 0 Å². The number of anilines is 1. The van der Waals surface area contributed by atoms with Crippen LogP contribution in [0.4, 0.5) is 5.69 Å². The normalized spacial score (nSPS) is 14.0. The predicted molar refractivity (Wildman–Crippen MR) is 204 cm³/mol. The summed E-state index contributed by atoms with van der Waals surface area (Å²) in [6, 6.07) is 20.1. The summed E-state index contributed by atoms with van der Waals surface area (Å²) >= 11 is 20.3. The number of hydrogen-bond acceptors (Lipinski definition) is 9. The highest BCUT2D eigenvalue weighted by Gasteiger charge is 2.34. The number of allylic oxidation sites excluding steroid dienone is 1. The lowest BCUT2D eigenvalue weighted by atomic mass is 9.94. The maximum Gasteiger partial charge on any atom is 0.271 e. The second kappa shape index (κ2) is 15.7. The number of para-hydroxylation sites is 1. The topological polar surface area (TPSA) is 110 Å². The molecule has 0 unspecified atom stereocenters. The van der Waals surface area contributed by atoms with Crippen molar-refractivity contribution < 1.29 is 28.5 Å². The number of halogens is 3. The molecule has 0 bridgehead atoms. The van der Waals surface area contributed by atoms with Gasteiger partial charge in [0.1, 0.15) is 6.61 Å². The lowest BCUT2D eigenvalue weighted by molar-refractivity contribution is -0.113. The fourth-order valence-electron chi connectivity index (χ4n) is 5.81. The van der Waals surface area contributed by atoms with Gasteiger partial charge in [0, 0.05) is 21.3 Å². The summed E-state index contributed by atoms with van der Waals surface area (Å²) in [5.41, 5.74) is 2.74. The van der Waals surface area contributed by atoms with Crippen LogP contribution in [0.25, 0.3) is 6.08 Å². The number of rotatable bonds is 11. The van der Waals surface area contributed by atoms with Gasteiger partial charge in [0.15, 0.2) is 27.8 Å². The van der Waals surface area contributed by atoms with Crippen LogP contribution in [0, 0.1) is 0 Å². The van der Waals surface area contributed by atoms with Crippen LogP contribution < -0.4 is 43.9 Å². The molecule has 4 aromatic carbocycles. The molecule has 1 atom stereocenters. The Bertz CT molecular complexity index is 2370. The number of thiazole rings is 1. The molecule has 1 aromatic heterocycles. The molecule has 2 heterocycles. The Morgan fingerprint density at radius 2 is 1.54 bits per heavy atom. The zero-order chi connectivity index (χ0) is 37.1. The fourth-order valence-corrected chi connectivity index (χ4v) is 7.59. The molecule has 6 rings (SSSR count). The number of fused-ring (bicyclic) bond motifs is 1. The Labute approximate surface area is 318 Å². The molecule has 0 radical (unpaired) electrons. The van der Waals surface area contributed by atoms with Gasteiger partial charge in [-0.25, -0.2) is 4.99 Å². The Balaban J connectivity index is 1.46. The van der Waals surface area contributed by atoms with E-state index in [1.165, 1.54) is 44.3 Å². The van der Waals surface area contributed by atoms with E-state index in [1.54, 1.807) is 67.6 Å². The van der Waals surface area contributed by atoms with Crippen LogP contribution in [-0.2, 0) is 11.4 Å². The molecule has 0 saturated heterocycles. The number of methoxy groups -OCH3 is 4. The number of carbonyl (C=O) groups excluding carboxylic acids is 1. The first-order chi connectivity index (χ1) is 25.1. The minimum atomic E-state index is -0.913. The summed E-state index contributed by atoms with van der Waals surface area (Å²) in [6.07, 6.45) is 1.69. The number of benzene rings is 4. The summed E-state index contributed by atoms with van der Waals surface area (Å²) in [4.78, 5) is 33.6. The molecule has 10 nitrogen and oxygen atoms in total. The van der Waals surface area contributed by atoms with Crippen molar-refractivity contribution >= 4 is 63.8 Å². The highest BCUT2D eigenvalue weighted by Crippen LogP contribution is 2.43. The zero-order valence-corrected chi connectivity index (χ0v) is 31.7. The molecule has 268 valence electrons. The Morgan fingerprint density at radius 3 is 2.17 bits per heavy atom. The fraction of sp³-hybridized carbons (Fsp3) is 0.184. The standard InChI is InChI=1S/C38H32Cl3N3O7S/c1-20-32(36(45)43-25-9-7-6-8-10-25)33(23-16-29(48-3)35(50-5)30(17-23)49-4)44-37(46)31(52-38(44)42-20)15-21-13-27(41)34(28(14-21)47-2)51-19-22-11-12-24(39)18-26(22)40/h6-18,33H,19H2,1-5H3,(H,43,45)/b31-15-/t33-/m1/s1. The third kappa shape index (κ3) is 7.35. The molecule has 5 aromatic rings. The molecule has 1 aliphatic heterocycles. The van der Waals surface area contributed by atoms with Gasteiger partial charge in [0.2, 0.25) is 5.75 Å². The molecular formula is C38H32Cl3N3O7S. The van der Waals surface area contributed by atoms with Crippen molar-refractivity contribution in [1.82, 2.24) is 4.57 Å². The van der Waals surface area contributed by atoms with Gasteiger partial charge in [-0.1, -0.05) is 70.4 Å². The van der Waals surface area contributed by atoms with E-state index in [1.807, 2.05) is 18.2 Å². The van der Waals surface area contributed by atoms with Crippen LogP contribution in [0.3, 0.4) is 0 Å². The highest BCUT2D eigenvalue weighted by molar-refractivity contribution is 7.07. The van der Waals surface area contributed by atoms with Crippen molar-refractivity contribution in [2.45, 2.75) is 19.6 Å². The minimum absolute atomic E-state index is 0.116. The van der Waals surface area contributed by atoms with E-state index in [-0.39, 0.29) is 22.8 Å². The van der Waals surface area contributed by atoms with E-state index < -0.39 is 11.9 Å². The second-order valence-corrected chi connectivity index (χ2v) is 13.7. The molecule has 14 heteroatoms. The summed E-state index contributed by atoms with van der Waals surface area (Å²) in [5, 5.41) is 4.17. The molecule has 0 spiro atoms. The SMILES string of the molecule is COc1cc(/C=c2\sc3n(c2=O)[C@H](c2cc(OC)c(OC)c(OC)c2)C(C(=O)Nc2ccccc2)=C(C)N=3)cc(Cl)c1OCc1ccc(Cl)cc1Cl. The Hall–Kier alpha value is -4.94. The number of nitrogens with one attached hydrogen (secondary N) is 1. The van der Waals surface area contributed by atoms with Gasteiger partial charge < -0.3 is 29.0 Å². The average molecular weight is 781 g/mol. The second-order valence-electron chi connectivity index (χ2n) is 11.4. The molecule has 1 N–H and O–H groups in total. The summed E-state index contributed by atoms with van der Waals surface area (Å²) in [5.74, 6) is 1.32. The third-order valence-electron chi connectivity index (χ3n) is 8.24. The van der Waals surface area contributed by atoms with Gasteiger partial charge in [-0.3, -0.25) is 14.2 Å². The van der Waals surface area contributed by atoms with E-state index in [0.29, 0.717) is 76.2 Å². The van der Waals surface area contributed by atoms with Crippen molar-refractivity contribution in [2.75, 3.05) is 33.8 Å². The molecule has 1 amide bonds. The molecule has 1 aliphatic rings. The summed E-state index contributed by atoms with van der Waals surface area (Å²) in [6.45, 7) is 1.85. The predicted octanol–water partition coefficient (Wildman–Crippen LogP) is 7.45. The van der Waals surface area contributed by atoms with Crippen molar-refractivity contribution in [1.29, 1.82) is 0 Å². The smallest absolute Gasteiger partial charge is 0.271 e. The third-order valence-corrected chi connectivity index (χ3v) is 10.1. The first-order valence-corrected chi connectivity index (χ1v) is 17.6. The number of aromatic nitrogens is 1. The maximum absolute atomic E-state index is 14.4. The lowest BCUT2D eigenvalue weighted by Gasteiger charge is -2.26. The lowest BCUT2D eigenvalue weighted by Crippen LogP contribution is -2.40. The van der Waals surface area contributed by atoms with E-state index >= 15 is 0 Å². The van der Waals surface area contributed by atoms with Crippen LogP contribution in [0.2, 0.25) is 15.1 Å². The summed E-state index contributed by atoms with van der Waals surface area (Å²) in [7, 11) is 5.99. The van der Waals surface area contributed by atoms with E-state index in [2.05, 4.69) is 5.32 Å². The molecule has 0 fully saturated rings. The van der Waals surface area contributed by atoms with Crippen LogP contribution in [0.1, 0.15) is 29.7 Å². The van der Waals surface area contributed by atoms with E-state index in [0.717, 1.165) is 0 Å².